The van der Waals surface area contributed by atoms with Gasteiger partial charge in [0.1, 0.15) is 29.4 Å². The summed E-state index contributed by atoms with van der Waals surface area (Å²) in [7, 11) is 1.90. The Morgan fingerprint density at radius 2 is 2.00 bits per heavy atom. The number of rotatable bonds is 3. The van der Waals surface area contributed by atoms with Crippen LogP contribution in [0.25, 0.3) is 11.0 Å². The summed E-state index contributed by atoms with van der Waals surface area (Å²) >= 11 is 0. The molecular weight excluding hydrogens is 340 g/mol. The van der Waals surface area contributed by atoms with Gasteiger partial charge in [-0.15, -0.1) is 0 Å². The molecule has 26 heavy (non-hydrogen) atoms. The average molecular weight is 357 g/mol. The third kappa shape index (κ3) is 2.87. The summed E-state index contributed by atoms with van der Waals surface area (Å²) in [5.74, 6) is -0.466. The first kappa shape index (κ1) is 16.4. The molecule has 0 saturated carbocycles. The topological polar surface area (TPSA) is 54.3 Å². The lowest BCUT2D eigenvalue weighted by Crippen LogP contribution is -2.50. The van der Waals surface area contributed by atoms with Crippen LogP contribution < -0.4 is 4.90 Å². The van der Waals surface area contributed by atoms with Crippen LogP contribution in [0.4, 0.5) is 14.6 Å². The highest BCUT2D eigenvalue weighted by Gasteiger charge is 2.27. The number of aromatic nitrogens is 3. The molecule has 3 heterocycles. The van der Waals surface area contributed by atoms with Crippen molar-refractivity contribution in [2.45, 2.75) is 6.54 Å². The summed E-state index contributed by atoms with van der Waals surface area (Å²) in [5.41, 5.74) is 0.978. The normalized spacial score (nSPS) is 15.1. The number of carbonyl (C=O) groups excluding carboxylic acids is 1. The van der Waals surface area contributed by atoms with E-state index in [2.05, 4.69) is 9.97 Å². The van der Waals surface area contributed by atoms with Crippen LogP contribution in [0.5, 0.6) is 0 Å². The molecule has 4 rings (SSSR count). The second kappa shape index (κ2) is 6.36. The Kier molecular flexibility index (Phi) is 4.02. The Hall–Kier alpha value is -3.03. The van der Waals surface area contributed by atoms with E-state index in [-0.39, 0.29) is 24.6 Å². The van der Waals surface area contributed by atoms with Crippen LogP contribution in [0.15, 0.2) is 36.8 Å². The monoisotopic (exact) mass is 357 g/mol. The molecule has 134 valence electrons. The van der Waals surface area contributed by atoms with E-state index in [0.29, 0.717) is 18.9 Å². The van der Waals surface area contributed by atoms with Gasteiger partial charge in [-0.1, -0.05) is 0 Å². The van der Waals surface area contributed by atoms with Crippen LogP contribution in [0, 0.1) is 11.6 Å². The second-order valence-corrected chi connectivity index (χ2v) is 6.33. The zero-order valence-corrected chi connectivity index (χ0v) is 14.2. The van der Waals surface area contributed by atoms with Gasteiger partial charge >= 0.3 is 0 Å². The molecule has 6 nitrogen and oxygen atoms in total. The molecule has 1 aliphatic heterocycles. The smallest absolute Gasteiger partial charge is 0.242 e. The van der Waals surface area contributed by atoms with E-state index in [0.717, 1.165) is 29.2 Å². The first-order chi connectivity index (χ1) is 12.5. The van der Waals surface area contributed by atoms with Crippen molar-refractivity contribution in [3.05, 3.63) is 54.0 Å². The van der Waals surface area contributed by atoms with E-state index in [1.54, 1.807) is 0 Å². The van der Waals surface area contributed by atoms with Gasteiger partial charge in [0.25, 0.3) is 0 Å². The van der Waals surface area contributed by atoms with Crippen LogP contribution >= 0.6 is 0 Å². The van der Waals surface area contributed by atoms with Gasteiger partial charge in [-0.3, -0.25) is 4.79 Å². The van der Waals surface area contributed by atoms with Crippen molar-refractivity contribution in [3.63, 3.8) is 0 Å². The fraction of sp³-hybridized carbons (Fsp3) is 0.278. The molecule has 0 radical (unpaired) electrons. The van der Waals surface area contributed by atoms with Crippen molar-refractivity contribution < 1.29 is 13.6 Å². The van der Waals surface area contributed by atoms with Gasteiger partial charge in [-0.2, -0.15) is 0 Å². The molecule has 0 N–H and O–H groups in total. The molecule has 1 aliphatic rings. The number of hydrogen-bond donors (Lipinski definition) is 0. The molecule has 1 amide bonds. The standard InChI is InChI=1S/C18H17F2N5O/c1-23-5-4-14-17(23)21-11-22-18(14)25-7-6-24(16(26)10-25)9-12-8-13(19)2-3-15(12)20/h2-5,8,11H,6-7,9-10H2,1H3. The molecule has 8 heteroatoms. The SMILES string of the molecule is Cn1ccc2c(N3CCN(Cc4cc(F)ccc4F)C(=O)C3)ncnc21. The Balaban J connectivity index is 1.53. The minimum Gasteiger partial charge on any atom is -0.345 e. The molecule has 1 aromatic carbocycles. The second-order valence-electron chi connectivity index (χ2n) is 6.33. The molecule has 3 aromatic rings. The highest BCUT2D eigenvalue weighted by molar-refractivity contribution is 5.91. The first-order valence-electron chi connectivity index (χ1n) is 8.25. The van der Waals surface area contributed by atoms with Crippen LogP contribution in [0.3, 0.4) is 0 Å². The van der Waals surface area contributed by atoms with Gasteiger partial charge in [0.05, 0.1) is 11.9 Å². The van der Waals surface area contributed by atoms with Crippen LogP contribution in [-0.4, -0.2) is 45.0 Å². The van der Waals surface area contributed by atoms with E-state index < -0.39 is 11.6 Å². The lowest BCUT2D eigenvalue weighted by Gasteiger charge is -2.35. The molecule has 0 spiro atoms. The van der Waals surface area contributed by atoms with Crippen molar-refractivity contribution in [1.29, 1.82) is 0 Å². The lowest BCUT2D eigenvalue weighted by atomic mass is 10.1. The number of fused-ring (bicyclic) bond motifs is 1. The first-order valence-corrected chi connectivity index (χ1v) is 8.25. The third-order valence-corrected chi connectivity index (χ3v) is 4.63. The molecule has 2 aromatic heterocycles. The quantitative estimate of drug-likeness (QED) is 0.720. The zero-order chi connectivity index (χ0) is 18.3. The summed E-state index contributed by atoms with van der Waals surface area (Å²) in [6.45, 7) is 1.16. The number of benzene rings is 1. The minimum atomic E-state index is -0.514. The van der Waals surface area contributed by atoms with E-state index in [4.69, 9.17) is 0 Å². The average Bonchev–Trinajstić information content (AvgIpc) is 3.01. The predicted octanol–water partition coefficient (Wildman–Crippen LogP) is 2.10. The minimum absolute atomic E-state index is 0.0563. The molecule has 0 atom stereocenters. The number of carbonyl (C=O) groups is 1. The molecule has 0 unspecified atom stereocenters. The summed E-state index contributed by atoms with van der Waals surface area (Å²) < 4.78 is 29.1. The van der Waals surface area contributed by atoms with Crippen molar-refractivity contribution in [2.75, 3.05) is 24.5 Å². The van der Waals surface area contributed by atoms with Gasteiger partial charge < -0.3 is 14.4 Å². The van der Waals surface area contributed by atoms with Crippen molar-refractivity contribution in [3.8, 4) is 0 Å². The Labute approximate surface area is 148 Å². The van der Waals surface area contributed by atoms with Gasteiger partial charge in [0.2, 0.25) is 5.91 Å². The Morgan fingerprint density at radius 3 is 2.81 bits per heavy atom. The van der Waals surface area contributed by atoms with E-state index >= 15 is 0 Å². The van der Waals surface area contributed by atoms with Crippen LogP contribution in [-0.2, 0) is 18.4 Å². The number of piperazine rings is 1. The number of nitrogens with zero attached hydrogens (tertiary/aromatic N) is 5. The fourth-order valence-corrected chi connectivity index (χ4v) is 3.24. The van der Waals surface area contributed by atoms with Crippen LogP contribution in [0.2, 0.25) is 0 Å². The largest absolute Gasteiger partial charge is 0.345 e. The van der Waals surface area contributed by atoms with Gasteiger partial charge in [0, 0.05) is 38.4 Å². The van der Waals surface area contributed by atoms with E-state index in [1.165, 1.54) is 11.2 Å². The number of halogens is 2. The molecule has 1 fully saturated rings. The summed E-state index contributed by atoms with van der Waals surface area (Å²) in [5, 5.41) is 0.882. The van der Waals surface area contributed by atoms with Crippen molar-refractivity contribution in [2.24, 2.45) is 7.05 Å². The van der Waals surface area contributed by atoms with Crippen molar-refractivity contribution >= 4 is 22.8 Å². The van der Waals surface area contributed by atoms with Gasteiger partial charge in [-0.05, 0) is 24.3 Å². The maximum absolute atomic E-state index is 13.8. The summed E-state index contributed by atoms with van der Waals surface area (Å²) in [6, 6.07) is 5.20. The van der Waals surface area contributed by atoms with Crippen molar-refractivity contribution in [1.82, 2.24) is 19.4 Å². The number of amides is 1. The van der Waals surface area contributed by atoms with E-state index in [1.807, 2.05) is 28.8 Å². The highest BCUT2D eigenvalue weighted by Crippen LogP contribution is 2.25. The van der Waals surface area contributed by atoms with Gasteiger partial charge in [-0.25, -0.2) is 18.7 Å². The maximum atomic E-state index is 13.8. The fourth-order valence-electron chi connectivity index (χ4n) is 3.24. The Bertz CT molecular complexity index is 987. The zero-order valence-electron chi connectivity index (χ0n) is 14.2. The number of anilines is 1. The summed E-state index contributed by atoms with van der Waals surface area (Å²) in [6.07, 6.45) is 3.38. The summed E-state index contributed by atoms with van der Waals surface area (Å²) in [4.78, 5) is 24.6. The number of hydrogen-bond acceptors (Lipinski definition) is 4. The molecule has 0 bridgehead atoms. The number of aryl methyl sites for hydroxylation is 1. The lowest BCUT2D eigenvalue weighted by molar-refractivity contribution is -0.131. The molecule has 1 saturated heterocycles. The Morgan fingerprint density at radius 1 is 1.15 bits per heavy atom. The highest BCUT2D eigenvalue weighted by atomic mass is 19.1. The van der Waals surface area contributed by atoms with Crippen LogP contribution in [0.1, 0.15) is 5.56 Å². The third-order valence-electron chi connectivity index (χ3n) is 4.63. The molecule has 0 aliphatic carbocycles. The molecular formula is C18H17F2N5O. The van der Waals surface area contributed by atoms with E-state index in [9.17, 15) is 13.6 Å². The maximum Gasteiger partial charge on any atom is 0.242 e. The predicted molar refractivity (Wildman–Crippen MR) is 92.5 cm³/mol. The van der Waals surface area contributed by atoms with Gasteiger partial charge in [0.15, 0.2) is 0 Å².